The van der Waals surface area contributed by atoms with E-state index in [-0.39, 0.29) is 22.2 Å². The van der Waals surface area contributed by atoms with E-state index >= 15 is 0 Å². The number of hydrogen-bond donors (Lipinski definition) is 1. The number of nitrogens with zero attached hydrogens (tertiary/aromatic N) is 1. The van der Waals surface area contributed by atoms with Crippen molar-refractivity contribution < 1.29 is 24.2 Å². The van der Waals surface area contributed by atoms with E-state index in [1.54, 1.807) is 13.2 Å². The Bertz CT molecular complexity index is 899. The molecule has 1 aliphatic rings. The predicted molar refractivity (Wildman–Crippen MR) is 142 cm³/mol. The number of amides is 1. The van der Waals surface area contributed by atoms with Crippen molar-refractivity contribution in [3.8, 4) is 11.5 Å². The highest BCUT2D eigenvalue weighted by molar-refractivity contribution is 8.26. The fraction of sp³-hybridized carbons (Fsp3) is 0.577. The number of unbranched alkanes of at least 4 members (excludes halogenated alkanes) is 4. The van der Waals surface area contributed by atoms with Gasteiger partial charge in [0.15, 0.2) is 11.5 Å². The van der Waals surface area contributed by atoms with Gasteiger partial charge in [-0.15, -0.1) is 0 Å². The number of carbonyl (C=O) groups excluding carboxylic acids is 1. The molecule has 1 aromatic carbocycles. The van der Waals surface area contributed by atoms with Gasteiger partial charge in [0.25, 0.3) is 5.91 Å². The molecule has 6 nitrogen and oxygen atoms in total. The maximum absolute atomic E-state index is 13.0. The third-order valence-electron chi connectivity index (χ3n) is 5.64. The van der Waals surface area contributed by atoms with Crippen LogP contribution in [0.2, 0.25) is 0 Å². The third-order valence-corrected chi connectivity index (χ3v) is 6.97. The Morgan fingerprint density at radius 2 is 1.88 bits per heavy atom. The number of carboxylic acid groups (broad SMARTS) is 1. The molecule has 0 bridgehead atoms. The van der Waals surface area contributed by atoms with E-state index in [2.05, 4.69) is 13.8 Å². The van der Waals surface area contributed by atoms with Gasteiger partial charge in [0, 0.05) is 0 Å². The predicted octanol–water partition coefficient (Wildman–Crippen LogP) is 6.52. The fourth-order valence-electron chi connectivity index (χ4n) is 3.85. The van der Waals surface area contributed by atoms with E-state index in [1.807, 2.05) is 32.0 Å². The molecule has 0 spiro atoms. The van der Waals surface area contributed by atoms with Gasteiger partial charge in [0.05, 0.1) is 18.1 Å². The van der Waals surface area contributed by atoms with Crippen molar-refractivity contribution in [2.45, 2.75) is 84.8 Å². The zero-order chi connectivity index (χ0) is 25.3. The van der Waals surface area contributed by atoms with Crippen molar-refractivity contribution in [3.05, 3.63) is 28.7 Å². The van der Waals surface area contributed by atoms with Gasteiger partial charge >= 0.3 is 5.97 Å². The first-order valence-electron chi connectivity index (χ1n) is 12.0. The number of hydrogen-bond acceptors (Lipinski definition) is 6. The summed E-state index contributed by atoms with van der Waals surface area (Å²) in [6, 6.07) is 4.56. The average Bonchev–Trinajstić information content (AvgIpc) is 3.05. The van der Waals surface area contributed by atoms with Crippen molar-refractivity contribution in [2.75, 3.05) is 7.11 Å². The SMILES string of the molecule is CCCCCCC[C@H](C)Oc1ccc(/C=C2/SC(=S)N([C@H](CC(C)C)C(=O)O)C2=O)cc1OC. The van der Waals surface area contributed by atoms with E-state index < -0.39 is 12.0 Å². The van der Waals surface area contributed by atoms with Gasteiger partial charge in [0.1, 0.15) is 10.4 Å². The van der Waals surface area contributed by atoms with Gasteiger partial charge in [-0.25, -0.2) is 4.79 Å². The minimum absolute atomic E-state index is 0.0755. The molecule has 0 unspecified atom stereocenters. The summed E-state index contributed by atoms with van der Waals surface area (Å²) in [6.07, 6.45) is 9.24. The second-order valence-corrected chi connectivity index (χ2v) is 10.8. The minimum atomic E-state index is -1.05. The normalized spacial score (nSPS) is 16.9. The number of methoxy groups -OCH3 is 1. The first-order valence-corrected chi connectivity index (χ1v) is 13.2. The second-order valence-electron chi connectivity index (χ2n) is 9.08. The lowest BCUT2D eigenvalue weighted by molar-refractivity contribution is -0.145. The summed E-state index contributed by atoms with van der Waals surface area (Å²) in [5.41, 5.74) is 0.757. The fourth-order valence-corrected chi connectivity index (χ4v) is 5.20. The number of thiocarbonyl (C=S) groups is 1. The van der Waals surface area contributed by atoms with Crippen LogP contribution in [-0.4, -0.2) is 45.5 Å². The van der Waals surface area contributed by atoms with E-state index in [4.69, 9.17) is 21.7 Å². The van der Waals surface area contributed by atoms with Gasteiger partial charge in [-0.3, -0.25) is 9.69 Å². The molecule has 0 saturated carbocycles. The number of ether oxygens (including phenoxy) is 2. The maximum Gasteiger partial charge on any atom is 0.326 e. The molecule has 188 valence electrons. The molecule has 1 fully saturated rings. The van der Waals surface area contributed by atoms with Crippen molar-refractivity contribution in [3.63, 3.8) is 0 Å². The highest BCUT2D eigenvalue weighted by Crippen LogP contribution is 2.37. The second kappa shape index (κ2) is 13.7. The van der Waals surface area contributed by atoms with Crippen LogP contribution in [0.15, 0.2) is 23.1 Å². The van der Waals surface area contributed by atoms with Crippen LogP contribution in [0, 0.1) is 5.92 Å². The number of benzene rings is 1. The van der Waals surface area contributed by atoms with E-state index in [9.17, 15) is 14.7 Å². The van der Waals surface area contributed by atoms with Gasteiger partial charge < -0.3 is 14.6 Å². The third kappa shape index (κ3) is 8.01. The van der Waals surface area contributed by atoms with Gasteiger partial charge in [-0.05, 0) is 55.9 Å². The molecule has 1 aromatic rings. The Kier molecular flexibility index (Phi) is 11.4. The highest BCUT2D eigenvalue weighted by atomic mass is 32.2. The molecule has 1 amide bonds. The summed E-state index contributed by atoms with van der Waals surface area (Å²) in [5, 5.41) is 9.64. The Balaban J connectivity index is 2.11. The molecule has 8 heteroatoms. The van der Waals surface area contributed by atoms with Crippen molar-refractivity contribution >= 4 is 46.3 Å². The van der Waals surface area contributed by atoms with Crippen LogP contribution in [0.5, 0.6) is 11.5 Å². The Hall–Kier alpha value is -2.06. The number of carbonyl (C=O) groups is 2. The summed E-state index contributed by atoms with van der Waals surface area (Å²) in [7, 11) is 1.59. The van der Waals surface area contributed by atoms with Crippen LogP contribution in [-0.2, 0) is 9.59 Å². The zero-order valence-electron chi connectivity index (χ0n) is 20.8. The van der Waals surface area contributed by atoms with Crippen LogP contribution in [0.25, 0.3) is 6.08 Å². The summed E-state index contributed by atoms with van der Waals surface area (Å²) >= 11 is 6.48. The van der Waals surface area contributed by atoms with E-state index in [0.29, 0.717) is 22.8 Å². The average molecular weight is 508 g/mol. The largest absolute Gasteiger partial charge is 0.493 e. The molecule has 34 heavy (non-hydrogen) atoms. The molecule has 1 saturated heterocycles. The van der Waals surface area contributed by atoms with Crippen LogP contribution < -0.4 is 9.47 Å². The zero-order valence-corrected chi connectivity index (χ0v) is 22.5. The first-order chi connectivity index (χ1) is 16.2. The molecule has 0 radical (unpaired) electrons. The maximum atomic E-state index is 13.0. The van der Waals surface area contributed by atoms with Crippen LogP contribution in [0.3, 0.4) is 0 Å². The van der Waals surface area contributed by atoms with Crippen molar-refractivity contribution in [2.24, 2.45) is 5.92 Å². The summed E-state index contributed by atoms with van der Waals surface area (Å²) in [6.45, 7) is 8.12. The lowest BCUT2D eigenvalue weighted by Crippen LogP contribution is -2.44. The topological polar surface area (TPSA) is 76.1 Å². The van der Waals surface area contributed by atoms with Gasteiger partial charge in [-0.2, -0.15) is 0 Å². The Morgan fingerprint density at radius 1 is 1.18 bits per heavy atom. The van der Waals surface area contributed by atoms with Crippen LogP contribution in [0.4, 0.5) is 0 Å². The molecule has 0 aliphatic carbocycles. The van der Waals surface area contributed by atoms with Gasteiger partial charge in [-0.1, -0.05) is 76.5 Å². The number of thioether (sulfide) groups is 1. The molecule has 0 aromatic heterocycles. The molecular weight excluding hydrogens is 470 g/mol. The standard InChI is InChI=1S/C26H37NO5S2/c1-6-7-8-9-10-11-18(4)32-21-13-12-19(15-22(21)31-5)16-23-24(28)27(26(33)34-23)20(25(29)30)14-17(2)3/h12-13,15-18,20H,6-11,14H2,1-5H3,(H,29,30)/b23-16+/t18-,20+/m0/s1. The minimum Gasteiger partial charge on any atom is -0.493 e. The quantitative estimate of drug-likeness (QED) is 0.174. The number of rotatable bonds is 14. The summed E-state index contributed by atoms with van der Waals surface area (Å²) < 4.78 is 11.9. The van der Waals surface area contributed by atoms with Gasteiger partial charge in [0.2, 0.25) is 0 Å². The monoisotopic (exact) mass is 507 g/mol. The Labute approximate surface area is 213 Å². The number of aliphatic carboxylic acids is 1. The lowest BCUT2D eigenvalue weighted by Gasteiger charge is -2.24. The molecule has 2 rings (SSSR count). The summed E-state index contributed by atoms with van der Waals surface area (Å²) in [5.74, 6) is -0.0559. The molecule has 2 atom stereocenters. The molecule has 1 aliphatic heterocycles. The summed E-state index contributed by atoms with van der Waals surface area (Å²) in [4.78, 5) is 26.4. The van der Waals surface area contributed by atoms with Crippen LogP contribution >= 0.6 is 24.0 Å². The van der Waals surface area contributed by atoms with Crippen molar-refractivity contribution in [1.29, 1.82) is 0 Å². The van der Waals surface area contributed by atoms with Crippen molar-refractivity contribution in [1.82, 2.24) is 4.90 Å². The number of carboxylic acids is 1. The van der Waals surface area contributed by atoms with E-state index in [1.165, 1.54) is 30.6 Å². The Morgan fingerprint density at radius 3 is 2.50 bits per heavy atom. The lowest BCUT2D eigenvalue weighted by atomic mass is 10.0. The molecule has 1 N–H and O–H groups in total. The van der Waals surface area contributed by atoms with Crippen LogP contribution in [0.1, 0.15) is 78.2 Å². The smallest absolute Gasteiger partial charge is 0.326 e. The first kappa shape index (κ1) is 28.2. The highest BCUT2D eigenvalue weighted by Gasteiger charge is 2.40. The van der Waals surface area contributed by atoms with E-state index in [0.717, 1.165) is 30.2 Å². The molecule has 1 heterocycles. The molecular formula is C26H37NO5S2.